The van der Waals surface area contributed by atoms with Gasteiger partial charge in [0, 0.05) is 10.9 Å². The van der Waals surface area contributed by atoms with E-state index >= 15 is 0 Å². The topological polar surface area (TPSA) is 66.8 Å². The Morgan fingerprint density at radius 2 is 1.61 bits per heavy atom. The van der Waals surface area contributed by atoms with Gasteiger partial charge in [-0.3, -0.25) is 0 Å². The molecule has 0 bridgehead atoms. The van der Waals surface area contributed by atoms with Crippen LogP contribution in [0.2, 0.25) is 5.02 Å². The number of esters is 1. The molecule has 0 aromatic heterocycles. The van der Waals surface area contributed by atoms with Crippen molar-refractivity contribution in [3.8, 4) is 0 Å². The lowest BCUT2D eigenvalue weighted by molar-refractivity contribution is 0.0526. The van der Waals surface area contributed by atoms with Crippen molar-refractivity contribution in [3.63, 3.8) is 0 Å². The van der Waals surface area contributed by atoms with Crippen LogP contribution >= 0.6 is 11.6 Å². The summed E-state index contributed by atoms with van der Waals surface area (Å²) in [5, 5.41) is 20.1. The van der Waals surface area contributed by atoms with Crippen LogP contribution in [0.25, 0.3) is 0 Å². The molecular weight excluding hydrogens is 316 g/mol. The average Bonchev–Trinajstić information content (AvgIpc) is 2.57. The first-order chi connectivity index (χ1) is 11.1. The molecule has 0 aliphatic rings. The summed E-state index contributed by atoms with van der Waals surface area (Å²) in [6, 6.07) is 13.9. The predicted octanol–water partition coefficient (Wildman–Crippen LogP) is 3.00. The normalized spacial score (nSPS) is 13.4. The zero-order valence-corrected chi connectivity index (χ0v) is 13.5. The summed E-state index contributed by atoms with van der Waals surface area (Å²) in [5.41, 5.74) is 2.07. The van der Waals surface area contributed by atoms with Gasteiger partial charge in [0.2, 0.25) is 0 Å². The first-order valence-electron chi connectivity index (χ1n) is 7.38. The molecule has 2 atom stereocenters. The molecule has 122 valence electrons. The van der Waals surface area contributed by atoms with Gasteiger partial charge in [0.05, 0.1) is 24.9 Å². The van der Waals surface area contributed by atoms with Gasteiger partial charge in [-0.25, -0.2) is 4.79 Å². The maximum atomic E-state index is 11.7. The van der Waals surface area contributed by atoms with E-state index in [4.69, 9.17) is 16.3 Å². The van der Waals surface area contributed by atoms with Gasteiger partial charge in [0.25, 0.3) is 0 Å². The van der Waals surface area contributed by atoms with Gasteiger partial charge in [-0.15, -0.1) is 0 Å². The average molecular weight is 335 g/mol. The molecule has 0 radical (unpaired) electrons. The molecule has 0 aliphatic carbocycles. The minimum atomic E-state index is -0.954. The molecule has 0 saturated heterocycles. The highest BCUT2D eigenvalue weighted by atomic mass is 35.5. The summed E-state index contributed by atoms with van der Waals surface area (Å²) in [7, 11) is 0. The molecule has 2 N–H and O–H groups in total. The van der Waals surface area contributed by atoms with Gasteiger partial charge >= 0.3 is 5.97 Å². The Morgan fingerprint density at radius 1 is 1.09 bits per heavy atom. The molecule has 0 saturated carbocycles. The van der Waals surface area contributed by atoms with Crippen molar-refractivity contribution in [2.75, 3.05) is 13.2 Å². The van der Waals surface area contributed by atoms with E-state index in [1.54, 1.807) is 43.3 Å². The number of ether oxygens (including phenoxy) is 1. The quantitative estimate of drug-likeness (QED) is 0.797. The summed E-state index contributed by atoms with van der Waals surface area (Å²) in [4.78, 5) is 11.7. The second-order valence-electron chi connectivity index (χ2n) is 5.12. The van der Waals surface area contributed by atoms with E-state index < -0.39 is 12.0 Å². The number of hydrogen-bond acceptors (Lipinski definition) is 4. The summed E-state index contributed by atoms with van der Waals surface area (Å²) in [5.74, 6) is -0.793. The van der Waals surface area contributed by atoms with E-state index in [9.17, 15) is 15.0 Å². The van der Waals surface area contributed by atoms with E-state index in [1.165, 1.54) is 0 Å². The largest absolute Gasteiger partial charge is 0.462 e. The number of aliphatic hydroxyl groups excluding tert-OH is 2. The van der Waals surface area contributed by atoms with Gasteiger partial charge in [0.1, 0.15) is 0 Å². The lowest BCUT2D eigenvalue weighted by atomic mass is 9.86. The first kappa shape index (κ1) is 17.5. The van der Waals surface area contributed by atoms with Gasteiger partial charge in [-0.05, 0) is 42.3 Å². The summed E-state index contributed by atoms with van der Waals surface area (Å²) in [6.45, 7) is 1.70. The van der Waals surface area contributed by atoms with E-state index in [0.29, 0.717) is 17.2 Å². The highest BCUT2D eigenvalue weighted by Gasteiger charge is 2.23. The third-order valence-electron chi connectivity index (χ3n) is 3.58. The third kappa shape index (κ3) is 4.32. The Bertz CT molecular complexity index is 637. The molecule has 0 aliphatic heterocycles. The Morgan fingerprint density at radius 3 is 2.09 bits per heavy atom. The lowest BCUT2D eigenvalue weighted by Gasteiger charge is -2.22. The second kappa shape index (κ2) is 8.11. The van der Waals surface area contributed by atoms with E-state index in [2.05, 4.69) is 0 Å². The molecule has 23 heavy (non-hydrogen) atoms. The molecule has 4 nitrogen and oxygen atoms in total. The molecule has 2 aromatic carbocycles. The molecule has 2 aromatic rings. The second-order valence-corrected chi connectivity index (χ2v) is 5.56. The molecule has 0 spiro atoms. The first-order valence-corrected chi connectivity index (χ1v) is 7.76. The standard InChI is InChI=1S/C18H19ClO4/c1-2-23-18(22)14-5-3-12(4-6-14)17(16(21)11-20)13-7-9-15(19)10-8-13/h3-10,16-17,20-21H,2,11H2,1H3/t16-,17-/m1/s1. The highest BCUT2D eigenvalue weighted by Crippen LogP contribution is 2.29. The van der Waals surface area contributed by atoms with Crippen LogP contribution in [-0.4, -0.2) is 35.5 Å². The number of aliphatic hydroxyl groups is 2. The maximum Gasteiger partial charge on any atom is 0.338 e. The van der Waals surface area contributed by atoms with Crippen LogP contribution in [0, 0.1) is 0 Å². The Kier molecular flexibility index (Phi) is 6.16. The molecule has 5 heteroatoms. The zero-order chi connectivity index (χ0) is 16.8. The van der Waals surface area contributed by atoms with Crippen LogP contribution in [-0.2, 0) is 4.74 Å². The number of carbonyl (C=O) groups is 1. The van der Waals surface area contributed by atoms with Crippen LogP contribution in [0.5, 0.6) is 0 Å². The van der Waals surface area contributed by atoms with Gasteiger partial charge in [0.15, 0.2) is 0 Å². The van der Waals surface area contributed by atoms with Crippen LogP contribution in [0.1, 0.15) is 34.3 Å². The molecule has 0 heterocycles. The fourth-order valence-corrected chi connectivity index (χ4v) is 2.58. The van der Waals surface area contributed by atoms with Gasteiger partial charge < -0.3 is 14.9 Å². The Hall–Kier alpha value is -1.88. The predicted molar refractivity (Wildman–Crippen MR) is 88.8 cm³/mol. The Balaban J connectivity index is 2.32. The van der Waals surface area contributed by atoms with Gasteiger partial charge in [-0.1, -0.05) is 35.9 Å². The SMILES string of the molecule is CCOC(=O)c1ccc([C@H](c2ccc(Cl)cc2)[C@H](O)CO)cc1. The van der Waals surface area contributed by atoms with Crippen LogP contribution < -0.4 is 0 Å². The minimum absolute atomic E-state index is 0.317. The van der Waals surface area contributed by atoms with Crippen LogP contribution in [0.15, 0.2) is 48.5 Å². The Labute approximate surface area is 140 Å². The maximum absolute atomic E-state index is 11.7. The van der Waals surface area contributed by atoms with Crippen LogP contribution in [0.4, 0.5) is 0 Å². The lowest BCUT2D eigenvalue weighted by Crippen LogP contribution is -2.23. The van der Waals surface area contributed by atoms with Crippen LogP contribution in [0.3, 0.4) is 0 Å². The zero-order valence-electron chi connectivity index (χ0n) is 12.8. The summed E-state index contributed by atoms with van der Waals surface area (Å²) >= 11 is 5.90. The number of benzene rings is 2. The highest BCUT2D eigenvalue weighted by molar-refractivity contribution is 6.30. The van der Waals surface area contributed by atoms with Crippen molar-refractivity contribution >= 4 is 17.6 Å². The monoisotopic (exact) mass is 334 g/mol. The van der Waals surface area contributed by atoms with Crippen molar-refractivity contribution in [2.24, 2.45) is 0 Å². The fraction of sp³-hybridized carbons (Fsp3) is 0.278. The molecule has 0 amide bonds. The smallest absolute Gasteiger partial charge is 0.338 e. The number of carbonyl (C=O) groups excluding carboxylic acids is 1. The number of halogens is 1. The molecular formula is C18H19ClO4. The summed E-state index contributed by atoms with van der Waals surface area (Å²) < 4.78 is 4.95. The third-order valence-corrected chi connectivity index (χ3v) is 3.83. The van der Waals surface area contributed by atoms with Crippen molar-refractivity contribution in [1.29, 1.82) is 0 Å². The minimum Gasteiger partial charge on any atom is -0.462 e. The van der Waals surface area contributed by atoms with Crippen molar-refractivity contribution < 1.29 is 19.7 Å². The number of hydrogen-bond donors (Lipinski definition) is 2. The van der Waals surface area contributed by atoms with Crippen molar-refractivity contribution in [1.82, 2.24) is 0 Å². The molecule has 0 fully saturated rings. The van der Waals surface area contributed by atoms with Crippen molar-refractivity contribution in [3.05, 3.63) is 70.2 Å². The van der Waals surface area contributed by atoms with E-state index in [0.717, 1.165) is 11.1 Å². The number of rotatable bonds is 6. The van der Waals surface area contributed by atoms with Gasteiger partial charge in [-0.2, -0.15) is 0 Å². The van der Waals surface area contributed by atoms with E-state index in [-0.39, 0.29) is 12.6 Å². The molecule has 0 unspecified atom stereocenters. The fourth-order valence-electron chi connectivity index (χ4n) is 2.45. The van der Waals surface area contributed by atoms with E-state index in [1.807, 2.05) is 12.1 Å². The van der Waals surface area contributed by atoms with Crippen molar-refractivity contribution in [2.45, 2.75) is 18.9 Å². The summed E-state index contributed by atoms with van der Waals surface area (Å²) in [6.07, 6.45) is -0.954. The molecule has 2 rings (SSSR count).